The van der Waals surface area contributed by atoms with Crippen molar-refractivity contribution in [1.82, 2.24) is 29.9 Å². The lowest BCUT2D eigenvalue weighted by atomic mass is 10.2. The molecule has 21 heavy (non-hydrogen) atoms. The molecular formula is C15H18N6. The van der Waals surface area contributed by atoms with E-state index in [-0.39, 0.29) is 0 Å². The predicted molar refractivity (Wildman–Crippen MR) is 79.7 cm³/mol. The quantitative estimate of drug-likeness (QED) is 0.770. The zero-order valence-corrected chi connectivity index (χ0v) is 12.0. The first kappa shape index (κ1) is 12.5. The van der Waals surface area contributed by atoms with Gasteiger partial charge in [-0.25, -0.2) is 9.67 Å². The number of fused-ring (bicyclic) bond motifs is 1. The summed E-state index contributed by atoms with van der Waals surface area (Å²) in [5.74, 6) is 0.969. The highest BCUT2D eigenvalue weighted by Crippen LogP contribution is 2.20. The van der Waals surface area contributed by atoms with E-state index in [1.807, 2.05) is 28.5 Å². The molecule has 6 heteroatoms. The number of hydrogen-bond donors (Lipinski definition) is 1. The number of nitrogens with zero attached hydrogens (tertiary/aromatic N) is 5. The number of aryl methyl sites for hydroxylation is 1. The van der Waals surface area contributed by atoms with Crippen LogP contribution in [-0.2, 0) is 20.1 Å². The fourth-order valence-corrected chi connectivity index (χ4v) is 2.63. The highest BCUT2D eigenvalue weighted by atomic mass is 15.4. The second-order valence-corrected chi connectivity index (χ2v) is 5.58. The number of benzene rings is 1. The van der Waals surface area contributed by atoms with Crippen molar-refractivity contribution in [1.29, 1.82) is 0 Å². The molecule has 108 valence electrons. The summed E-state index contributed by atoms with van der Waals surface area (Å²) in [5.41, 5.74) is 2.18. The molecule has 1 N–H and O–H groups in total. The van der Waals surface area contributed by atoms with E-state index in [0.717, 1.165) is 23.6 Å². The molecule has 1 fully saturated rings. The molecular weight excluding hydrogens is 264 g/mol. The van der Waals surface area contributed by atoms with Crippen LogP contribution in [0.25, 0.3) is 10.9 Å². The average molecular weight is 282 g/mol. The van der Waals surface area contributed by atoms with Gasteiger partial charge >= 0.3 is 0 Å². The van der Waals surface area contributed by atoms with Crippen molar-refractivity contribution in [3.63, 3.8) is 0 Å². The molecule has 6 nitrogen and oxygen atoms in total. The number of para-hydroxylation sites is 1. The van der Waals surface area contributed by atoms with Crippen LogP contribution in [0.1, 0.15) is 24.4 Å². The number of hydrogen-bond acceptors (Lipinski definition) is 4. The van der Waals surface area contributed by atoms with Crippen LogP contribution in [0.2, 0.25) is 0 Å². The van der Waals surface area contributed by atoms with Gasteiger partial charge in [0.15, 0.2) is 0 Å². The minimum Gasteiger partial charge on any atom is -0.307 e. The third-order valence-corrected chi connectivity index (χ3v) is 3.96. The maximum Gasteiger partial charge on any atom is 0.141 e. The predicted octanol–water partition coefficient (Wildman–Crippen LogP) is 1.47. The fourth-order valence-electron chi connectivity index (χ4n) is 2.63. The van der Waals surface area contributed by atoms with Gasteiger partial charge in [0.05, 0.1) is 24.3 Å². The van der Waals surface area contributed by atoms with Crippen LogP contribution in [0.4, 0.5) is 0 Å². The molecule has 0 atom stereocenters. The zero-order valence-electron chi connectivity index (χ0n) is 12.0. The van der Waals surface area contributed by atoms with Crippen molar-refractivity contribution >= 4 is 10.9 Å². The maximum atomic E-state index is 4.62. The van der Waals surface area contributed by atoms with Gasteiger partial charge in [-0.15, -0.1) is 0 Å². The van der Waals surface area contributed by atoms with Crippen LogP contribution in [-0.4, -0.2) is 30.6 Å². The summed E-state index contributed by atoms with van der Waals surface area (Å²) in [6.45, 7) is 1.43. The van der Waals surface area contributed by atoms with E-state index in [1.54, 1.807) is 6.33 Å². The number of aromatic nitrogens is 5. The normalized spacial score (nSPS) is 14.9. The molecule has 0 spiro atoms. The van der Waals surface area contributed by atoms with Crippen molar-refractivity contribution in [3.8, 4) is 0 Å². The van der Waals surface area contributed by atoms with Gasteiger partial charge in [0.25, 0.3) is 0 Å². The van der Waals surface area contributed by atoms with E-state index in [0.29, 0.717) is 12.6 Å². The molecule has 4 rings (SSSR count). The Morgan fingerprint density at radius 3 is 3.00 bits per heavy atom. The van der Waals surface area contributed by atoms with Crippen LogP contribution in [0.5, 0.6) is 0 Å². The SMILES string of the molecule is Cn1nc(Cn2ncnc2CNC2CC2)c2ccccc21. The van der Waals surface area contributed by atoms with Crippen molar-refractivity contribution in [2.45, 2.75) is 32.0 Å². The molecule has 2 aromatic heterocycles. The summed E-state index contributed by atoms with van der Waals surface area (Å²) < 4.78 is 3.86. The highest BCUT2D eigenvalue weighted by molar-refractivity contribution is 5.81. The molecule has 0 aliphatic heterocycles. The first-order chi connectivity index (χ1) is 10.3. The van der Waals surface area contributed by atoms with Gasteiger partial charge in [0, 0.05) is 18.5 Å². The largest absolute Gasteiger partial charge is 0.307 e. The Bertz CT molecular complexity index is 767. The lowest BCUT2D eigenvalue weighted by Gasteiger charge is -2.05. The van der Waals surface area contributed by atoms with Gasteiger partial charge in [-0.2, -0.15) is 10.2 Å². The van der Waals surface area contributed by atoms with Crippen molar-refractivity contribution in [2.75, 3.05) is 0 Å². The van der Waals surface area contributed by atoms with Gasteiger partial charge in [-0.3, -0.25) is 4.68 Å². The van der Waals surface area contributed by atoms with Crippen molar-refractivity contribution < 1.29 is 0 Å². The molecule has 0 unspecified atom stereocenters. The molecule has 0 saturated heterocycles. The van der Waals surface area contributed by atoms with E-state index < -0.39 is 0 Å². The number of nitrogens with one attached hydrogen (secondary N) is 1. The van der Waals surface area contributed by atoms with E-state index in [9.17, 15) is 0 Å². The minimum absolute atomic E-state index is 0.656. The Balaban J connectivity index is 1.61. The Labute approximate surface area is 122 Å². The Morgan fingerprint density at radius 2 is 2.14 bits per heavy atom. The molecule has 2 heterocycles. The van der Waals surface area contributed by atoms with Crippen molar-refractivity contribution in [2.24, 2.45) is 7.05 Å². The zero-order chi connectivity index (χ0) is 14.2. The van der Waals surface area contributed by atoms with Gasteiger partial charge in [-0.05, 0) is 18.9 Å². The summed E-state index contributed by atoms with van der Waals surface area (Å²) in [6.07, 6.45) is 4.17. The summed E-state index contributed by atoms with van der Waals surface area (Å²) in [5, 5.41) is 13.6. The molecule has 1 aliphatic carbocycles. The van der Waals surface area contributed by atoms with E-state index in [1.165, 1.54) is 18.2 Å². The van der Waals surface area contributed by atoms with Crippen LogP contribution in [0, 0.1) is 0 Å². The van der Waals surface area contributed by atoms with Crippen LogP contribution < -0.4 is 5.32 Å². The molecule has 0 bridgehead atoms. The molecule has 0 amide bonds. The fraction of sp³-hybridized carbons (Fsp3) is 0.400. The summed E-state index contributed by atoms with van der Waals surface area (Å²) in [4.78, 5) is 4.35. The lowest BCUT2D eigenvalue weighted by molar-refractivity contribution is 0.574. The molecule has 1 aromatic carbocycles. The van der Waals surface area contributed by atoms with Crippen LogP contribution in [0.15, 0.2) is 30.6 Å². The number of rotatable bonds is 5. The summed E-state index contributed by atoms with van der Waals surface area (Å²) >= 11 is 0. The highest BCUT2D eigenvalue weighted by Gasteiger charge is 2.21. The topological polar surface area (TPSA) is 60.6 Å². The third kappa shape index (κ3) is 2.42. The van der Waals surface area contributed by atoms with E-state index >= 15 is 0 Å². The molecule has 1 aliphatic rings. The monoisotopic (exact) mass is 282 g/mol. The Morgan fingerprint density at radius 1 is 1.29 bits per heavy atom. The molecule has 1 saturated carbocycles. The smallest absolute Gasteiger partial charge is 0.141 e. The molecule has 3 aromatic rings. The first-order valence-corrected chi connectivity index (χ1v) is 7.32. The maximum absolute atomic E-state index is 4.62. The van der Waals surface area contributed by atoms with Crippen molar-refractivity contribution in [3.05, 3.63) is 42.1 Å². The summed E-state index contributed by atoms with van der Waals surface area (Å²) in [7, 11) is 1.97. The van der Waals surface area contributed by atoms with Crippen LogP contribution >= 0.6 is 0 Å². The Hall–Kier alpha value is -2.21. The van der Waals surface area contributed by atoms with Gasteiger partial charge < -0.3 is 5.32 Å². The lowest BCUT2D eigenvalue weighted by Crippen LogP contribution is -2.19. The minimum atomic E-state index is 0.656. The second-order valence-electron chi connectivity index (χ2n) is 5.58. The van der Waals surface area contributed by atoms with Gasteiger partial charge in [0.2, 0.25) is 0 Å². The van der Waals surface area contributed by atoms with Gasteiger partial charge in [-0.1, -0.05) is 18.2 Å². The third-order valence-electron chi connectivity index (χ3n) is 3.96. The Kier molecular flexibility index (Phi) is 2.96. The average Bonchev–Trinajstić information content (AvgIpc) is 3.15. The summed E-state index contributed by atoms with van der Waals surface area (Å²) in [6, 6.07) is 8.95. The van der Waals surface area contributed by atoms with E-state index in [4.69, 9.17) is 0 Å². The van der Waals surface area contributed by atoms with Crippen LogP contribution in [0.3, 0.4) is 0 Å². The second kappa shape index (κ2) is 4.96. The standard InChI is InChI=1S/C15H18N6/c1-20-14-5-3-2-4-12(14)13(19-20)9-21-15(17-10-18-21)8-16-11-6-7-11/h2-5,10-11,16H,6-9H2,1H3. The van der Waals surface area contributed by atoms with E-state index in [2.05, 4.69) is 32.6 Å². The molecule has 0 radical (unpaired) electrons. The van der Waals surface area contributed by atoms with Gasteiger partial charge in [0.1, 0.15) is 12.2 Å². The first-order valence-electron chi connectivity index (χ1n) is 7.32.